The fraction of sp³-hybridized carbons (Fsp3) is 0.931. The van der Waals surface area contributed by atoms with E-state index in [1.165, 1.54) is 38.5 Å². The normalized spacial score (nSPS) is 44.8. The minimum Gasteiger partial charge on any atom is -0.414 e. The Morgan fingerprint density at radius 3 is 2.28 bits per heavy atom. The Labute approximate surface area is 200 Å². The van der Waals surface area contributed by atoms with Crippen molar-refractivity contribution in [3.8, 4) is 0 Å². The van der Waals surface area contributed by atoms with E-state index in [1.54, 1.807) is 5.57 Å². The highest BCUT2D eigenvalue weighted by Crippen LogP contribution is 2.68. The molecular weight excluding hydrogens is 408 g/mol. The van der Waals surface area contributed by atoms with Gasteiger partial charge < -0.3 is 9.53 Å². The standard InChI is InChI=1S/C29H52O2Si/c1-19(31-32(9,10)26(2,3)4)21-12-13-22-20-11-14-24-27(5,6)25(30)16-18-29(24,8)23(20)15-17-28(21,22)7/h14,19-23,25,30H,11-13,15-18H2,1-10H3/t19?,20-,21+,22-,23-,25-,28+,29+/m0/s1. The summed E-state index contributed by atoms with van der Waals surface area (Å²) in [6, 6.07) is 0. The van der Waals surface area contributed by atoms with Crippen LogP contribution in [0.3, 0.4) is 0 Å². The summed E-state index contributed by atoms with van der Waals surface area (Å²) in [5.41, 5.74) is 2.23. The quantitative estimate of drug-likeness (QED) is 0.342. The molecule has 0 aromatic heterocycles. The molecule has 2 nitrogen and oxygen atoms in total. The van der Waals surface area contributed by atoms with E-state index in [-0.39, 0.29) is 22.0 Å². The molecule has 0 aliphatic heterocycles. The van der Waals surface area contributed by atoms with Crippen LogP contribution in [-0.4, -0.2) is 25.6 Å². The molecule has 0 radical (unpaired) electrons. The van der Waals surface area contributed by atoms with Gasteiger partial charge in [-0.3, -0.25) is 0 Å². The van der Waals surface area contributed by atoms with Gasteiger partial charge in [-0.25, -0.2) is 0 Å². The molecule has 0 aromatic rings. The largest absolute Gasteiger partial charge is 0.414 e. The molecule has 4 aliphatic carbocycles. The Morgan fingerprint density at radius 1 is 1.00 bits per heavy atom. The van der Waals surface area contributed by atoms with Crippen LogP contribution in [0.4, 0.5) is 0 Å². The molecule has 1 N–H and O–H groups in total. The van der Waals surface area contributed by atoms with Gasteiger partial charge in [-0.1, -0.05) is 60.1 Å². The molecule has 4 aliphatic rings. The number of fused-ring (bicyclic) bond motifs is 5. The lowest BCUT2D eigenvalue weighted by Gasteiger charge is -2.61. The smallest absolute Gasteiger partial charge is 0.192 e. The van der Waals surface area contributed by atoms with Gasteiger partial charge in [-0.2, -0.15) is 0 Å². The van der Waals surface area contributed by atoms with Crippen molar-refractivity contribution >= 4 is 8.32 Å². The fourth-order valence-corrected chi connectivity index (χ4v) is 10.4. The number of rotatable bonds is 3. The predicted octanol–water partition coefficient (Wildman–Crippen LogP) is 7.97. The minimum absolute atomic E-state index is 0.0670. The second-order valence-corrected chi connectivity index (χ2v) is 19.5. The van der Waals surface area contributed by atoms with Crippen LogP contribution in [0.15, 0.2) is 11.6 Å². The number of aliphatic hydroxyl groups excluding tert-OH is 1. The first-order valence-electron chi connectivity index (χ1n) is 13.6. The molecule has 32 heavy (non-hydrogen) atoms. The van der Waals surface area contributed by atoms with Gasteiger partial charge in [0, 0.05) is 11.5 Å². The zero-order chi connectivity index (χ0) is 23.9. The van der Waals surface area contributed by atoms with Crippen molar-refractivity contribution in [1.82, 2.24) is 0 Å². The highest BCUT2D eigenvalue weighted by atomic mass is 28.4. The lowest BCUT2D eigenvalue weighted by Crippen LogP contribution is -2.55. The van der Waals surface area contributed by atoms with Crippen molar-refractivity contribution in [2.24, 2.45) is 39.9 Å². The van der Waals surface area contributed by atoms with Crippen LogP contribution in [0, 0.1) is 39.9 Å². The molecule has 1 unspecified atom stereocenters. The lowest BCUT2D eigenvalue weighted by molar-refractivity contribution is -0.0832. The van der Waals surface area contributed by atoms with Crippen LogP contribution in [-0.2, 0) is 4.43 Å². The van der Waals surface area contributed by atoms with E-state index in [4.69, 9.17) is 4.43 Å². The SMILES string of the molecule is CC(O[Si](C)(C)C(C)(C)C)[C@H]1CC[C@H]2[C@@H]3CC=C4C(C)(C)[C@@H](O)CC[C@]4(C)[C@H]3CC[C@]12C. The third-order valence-corrected chi connectivity index (χ3v) is 16.4. The van der Waals surface area contributed by atoms with Gasteiger partial charge in [0.2, 0.25) is 0 Å². The summed E-state index contributed by atoms with van der Waals surface area (Å²) in [4.78, 5) is 0. The molecule has 0 saturated heterocycles. The molecule has 0 amide bonds. The summed E-state index contributed by atoms with van der Waals surface area (Å²) in [6.07, 6.45) is 11.6. The van der Waals surface area contributed by atoms with E-state index in [9.17, 15) is 5.11 Å². The molecule has 0 bridgehead atoms. The zero-order valence-corrected chi connectivity index (χ0v) is 23.8. The molecule has 3 heteroatoms. The topological polar surface area (TPSA) is 29.5 Å². The van der Waals surface area contributed by atoms with Crippen LogP contribution in [0.2, 0.25) is 18.1 Å². The first-order chi connectivity index (χ1) is 14.6. The average Bonchev–Trinajstić information content (AvgIpc) is 3.01. The van der Waals surface area contributed by atoms with E-state index in [0.29, 0.717) is 17.4 Å². The maximum Gasteiger partial charge on any atom is 0.192 e. The van der Waals surface area contributed by atoms with Gasteiger partial charge in [0.05, 0.1) is 6.10 Å². The lowest BCUT2D eigenvalue weighted by atomic mass is 9.44. The van der Waals surface area contributed by atoms with Crippen LogP contribution < -0.4 is 0 Å². The maximum atomic E-state index is 10.8. The minimum atomic E-state index is -1.75. The Morgan fingerprint density at radius 2 is 1.66 bits per heavy atom. The molecular formula is C29H52O2Si. The first kappa shape index (κ1) is 25.0. The van der Waals surface area contributed by atoms with Crippen molar-refractivity contribution in [2.75, 3.05) is 0 Å². The first-order valence-corrected chi connectivity index (χ1v) is 16.5. The van der Waals surface area contributed by atoms with Crippen LogP contribution in [0.25, 0.3) is 0 Å². The number of allylic oxidation sites excluding steroid dienone is 1. The van der Waals surface area contributed by atoms with Crippen molar-refractivity contribution in [3.05, 3.63) is 11.6 Å². The molecule has 184 valence electrons. The van der Waals surface area contributed by atoms with Crippen LogP contribution in [0.1, 0.15) is 100 Å². The number of hydrogen-bond acceptors (Lipinski definition) is 2. The van der Waals surface area contributed by atoms with Gasteiger partial charge in [0.1, 0.15) is 0 Å². The number of aliphatic hydroxyl groups is 1. The monoisotopic (exact) mass is 460 g/mol. The van der Waals surface area contributed by atoms with E-state index in [2.05, 4.69) is 74.6 Å². The van der Waals surface area contributed by atoms with Gasteiger partial charge in [0.25, 0.3) is 0 Å². The summed E-state index contributed by atoms with van der Waals surface area (Å²) in [6.45, 7) is 24.1. The van der Waals surface area contributed by atoms with Crippen LogP contribution >= 0.6 is 0 Å². The van der Waals surface area contributed by atoms with E-state index in [0.717, 1.165) is 24.2 Å². The third kappa shape index (κ3) is 3.54. The summed E-state index contributed by atoms with van der Waals surface area (Å²) in [7, 11) is -1.75. The molecule has 0 spiro atoms. The molecule has 3 saturated carbocycles. The van der Waals surface area contributed by atoms with Gasteiger partial charge in [0.15, 0.2) is 8.32 Å². The van der Waals surface area contributed by atoms with E-state index in [1.807, 2.05) is 0 Å². The van der Waals surface area contributed by atoms with Crippen molar-refractivity contribution in [2.45, 2.75) is 131 Å². The Hall–Kier alpha value is -0.123. The Bertz CT molecular complexity index is 762. The third-order valence-electron chi connectivity index (χ3n) is 11.9. The van der Waals surface area contributed by atoms with Gasteiger partial charge in [-0.15, -0.1) is 0 Å². The van der Waals surface area contributed by atoms with Crippen molar-refractivity contribution < 1.29 is 9.53 Å². The molecule has 4 rings (SSSR count). The summed E-state index contributed by atoms with van der Waals surface area (Å²) in [5, 5.41) is 11.0. The van der Waals surface area contributed by atoms with Crippen LogP contribution in [0.5, 0.6) is 0 Å². The van der Waals surface area contributed by atoms with Crippen molar-refractivity contribution in [3.63, 3.8) is 0 Å². The van der Waals surface area contributed by atoms with Crippen molar-refractivity contribution in [1.29, 1.82) is 0 Å². The summed E-state index contributed by atoms with van der Waals surface area (Å²) in [5.74, 6) is 3.15. The predicted molar refractivity (Wildman–Crippen MR) is 138 cm³/mol. The Balaban J connectivity index is 1.58. The molecule has 3 fully saturated rings. The molecule has 8 atom stereocenters. The summed E-state index contributed by atoms with van der Waals surface area (Å²) >= 11 is 0. The summed E-state index contributed by atoms with van der Waals surface area (Å²) < 4.78 is 6.98. The highest BCUT2D eigenvalue weighted by molar-refractivity contribution is 6.74. The fourth-order valence-electron chi connectivity index (χ4n) is 8.93. The Kier molecular flexibility index (Phi) is 6.00. The van der Waals surface area contributed by atoms with Gasteiger partial charge in [-0.05, 0) is 105 Å². The molecule has 0 aromatic carbocycles. The zero-order valence-electron chi connectivity index (χ0n) is 22.8. The van der Waals surface area contributed by atoms with E-state index < -0.39 is 8.32 Å². The second kappa shape index (κ2) is 7.69. The second-order valence-electron chi connectivity index (χ2n) is 14.7. The molecule has 0 heterocycles. The van der Waals surface area contributed by atoms with Gasteiger partial charge >= 0.3 is 0 Å². The maximum absolute atomic E-state index is 10.8. The average molecular weight is 461 g/mol. The number of hydrogen-bond donors (Lipinski definition) is 1. The highest BCUT2D eigenvalue weighted by Gasteiger charge is 2.61. The van der Waals surface area contributed by atoms with E-state index >= 15 is 0 Å².